The number of aliphatic hydroxyl groups excluding tert-OH is 1. The fourth-order valence-corrected chi connectivity index (χ4v) is 6.04. The van der Waals surface area contributed by atoms with Gasteiger partial charge in [-0.1, -0.05) is 42.3 Å². The van der Waals surface area contributed by atoms with E-state index in [1.54, 1.807) is 28.6 Å². The number of sulfonamides is 1. The Balaban J connectivity index is 1.66. The molecule has 0 spiro atoms. The fraction of sp³-hybridized carbons (Fsp3) is 0.304. The molecule has 0 radical (unpaired) electrons. The molecule has 3 aromatic rings. The largest absolute Gasteiger partial charge is 0.396 e. The summed E-state index contributed by atoms with van der Waals surface area (Å²) in [6.45, 7) is 0.250. The summed E-state index contributed by atoms with van der Waals surface area (Å²) in [5.74, 6) is -0.0507. The maximum Gasteiger partial charge on any atom is 0.243 e. The van der Waals surface area contributed by atoms with Gasteiger partial charge in [-0.05, 0) is 66.3 Å². The Bertz CT molecular complexity index is 1060. The molecule has 0 saturated heterocycles. The van der Waals surface area contributed by atoms with Crippen molar-refractivity contribution in [1.29, 1.82) is 0 Å². The molecule has 4 rings (SSSR count). The minimum Gasteiger partial charge on any atom is -0.396 e. The summed E-state index contributed by atoms with van der Waals surface area (Å²) in [4.78, 5) is 3.40. The Labute approximate surface area is 182 Å². The van der Waals surface area contributed by atoms with Gasteiger partial charge in [0.05, 0.1) is 4.90 Å². The van der Waals surface area contributed by atoms with Gasteiger partial charge in [0.2, 0.25) is 10.0 Å². The molecule has 30 heavy (non-hydrogen) atoms. The monoisotopic (exact) mass is 444 g/mol. The Hall–Kier alpha value is -2.12. The van der Waals surface area contributed by atoms with E-state index in [9.17, 15) is 13.5 Å². The maximum absolute atomic E-state index is 13.5. The van der Waals surface area contributed by atoms with Crippen LogP contribution in [0.15, 0.2) is 71.8 Å². The van der Waals surface area contributed by atoms with Crippen LogP contribution in [0, 0.1) is 5.92 Å². The van der Waals surface area contributed by atoms with Crippen LogP contribution in [-0.4, -0.2) is 35.5 Å². The number of benzene rings is 2. The van der Waals surface area contributed by atoms with Crippen LogP contribution >= 0.6 is 11.6 Å². The Kier molecular flexibility index (Phi) is 6.29. The summed E-state index contributed by atoms with van der Waals surface area (Å²) in [6.07, 6.45) is 4.37. The molecule has 1 aromatic heterocycles. The number of nitrogens with zero attached hydrogens (tertiary/aromatic N) is 1. The molecule has 2 aromatic carbocycles. The average Bonchev–Trinajstić information content (AvgIpc) is 3.44. The van der Waals surface area contributed by atoms with Crippen molar-refractivity contribution in [1.82, 2.24) is 9.29 Å². The van der Waals surface area contributed by atoms with Crippen LogP contribution < -0.4 is 0 Å². The van der Waals surface area contributed by atoms with Crippen molar-refractivity contribution in [3.05, 3.63) is 77.4 Å². The molecule has 1 saturated carbocycles. The van der Waals surface area contributed by atoms with E-state index in [-0.39, 0.29) is 30.0 Å². The van der Waals surface area contributed by atoms with E-state index in [0.717, 1.165) is 36.1 Å². The number of aromatic amines is 1. The Morgan fingerprint density at radius 3 is 2.40 bits per heavy atom. The summed E-state index contributed by atoms with van der Waals surface area (Å²) in [7, 11) is -3.74. The van der Waals surface area contributed by atoms with Gasteiger partial charge < -0.3 is 10.1 Å². The highest BCUT2D eigenvalue weighted by Crippen LogP contribution is 2.35. The molecule has 5 nitrogen and oxygen atoms in total. The number of rotatable bonds is 7. The normalized spacial score (nSPS) is 19.4. The molecule has 0 amide bonds. The molecule has 1 heterocycles. The molecular weight excluding hydrogens is 420 g/mol. The first-order chi connectivity index (χ1) is 14.5. The number of aliphatic hydroxyl groups is 1. The first kappa shape index (κ1) is 21.1. The van der Waals surface area contributed by atoms with Gasteiger partial charge in [-0.15, -0.1) is 0 Å². The number of nitrogens with one attached hydrogen (secondary N) is 1. The van der Waals surface area contributed by atoms with Crippen LogP contribution in [-0.2, 0) is 16.6 Å². The standard InChI is InChI=1S/C23H25ClN2O3S/c24-20-10-12-21(13-11-20)30(28,29)26(23-5-1-3-19(23)16-27)15-17-6-8-18(9-7-17)22-4-2-14-25-22/h2,4,6-14,19,23,25,27H,1,3,5,15-16H2/t19-,23+/m0/s1. The molecule has 158 valence electrons. The number of halogens is 1. The molecule has 0 bridgehead atoms. The predicted octanol–water partition coefficient (Wildman–Crippen LogP) is 4.69. The van der Waals surface area contributed by atoms with Gasteiger partial charge in [0.1, 0.15) is 0 Å². The van der Waals surface area contributed by atoms with Crippen molar-refractivity contribution < 1.29 is 13.5 Å². The minimum atomic E-state index is -3.74. The number of H-pyrrole nitrogens is 1. The second kappa shape index (κ2) is 8.94. The second-order valence-electron chi connectivity index (χ2n) is 7.73. The average molecular weight is 445 g/mol. The zero-order valence-corrected chi connectivity index (χ0v) is 18.1. The van der Waals surface area contributed by atoms with E-state index in [0.29, 0.717) is 5.02 Å². The molecule has 2 N–H and O–H groups in total. The van der Waals surface area contributed by atoms with Crippen molar-refractivity contribution in [2.45, 2.75) is 36.7 Å². The lowest BCUT2D eigenvalue weighted by Crippen LogP contribution is -2.42. The highest BCUT2D eigenvalue weighted by molar-refractivity contribution is 7.89. The van der Waals surface area contributed by atoms with Crippen molar-refractivity contribution in [3.8, 4) is 11.3 Å². The van der Waals surface area contributed by atoms with Crippen LogP contribution in [0.1, 0.15) is 24.8 Å². The van der Waals surface area contributed by atoms with Crippen LogP contribution in [0.4, 0.5) is 0 Å². The Morgan fingerprint density at radius 1 is 1.03 bits per heavy atom. The first-order valence-corrected chi connectivity index (χ1v) is 11.9. The summed E-state index contributed by atoms with van der Waals surface area (Å²) >= 11 is 5.96. The molecule has 1 aliphatic carbocycles. The van der Waals surface area contributed by atoms with Crippen LogP contribution in [0.2, 0.25) is 5.02 Å². The lowest BCUT2D eigenvalue weighted by molar-refractivity contribution is 0.166. The third-order valence-electron chi connectivity index (χ3n) is 5.84. The number of aromatic nitrogens is 1. The van der Waals surface area contributed by atoms with E-state index in [4.69, 9.17) is 11.6 Å². The topological polar surface area (TPSA) is 73.4 Å². The molecule has 1 aliphatic rings. The molecule has 7 heteroatoms. The second-order valence-corrected chi connectivity index (χ2v) is 10.1. The van der Waals surface area contributed by atoms with E-state index >= 15 is 0 Å². The van der Waals surface area contributed by atoms with Crippen LogP contribution in [0.25, 0.3) is 11.3 Å². The first-order valence-electron chi connectivity index (χ1n) is 10.1. The zero-order valence-electron chi connectivity index (χ0n) is 16.5. The van der Waals surface area contributed by atoms with E-state index in [1.807, 2.05) is 42.6 Å². The van der Waals surface area contributed by atoms with Crippen molar-refractivity contribution in [2.24, 2.45) is 5.92 Å². The summed E-state index contributed by atoms with van der Waals surface area (Å²) in [6, 6.07) is 17.9. The van der Waals surface area contributed by atoms with Gasteiger partial charge in [0.25, 0.3) is 0 Å². The highest BCUT2D eigenvalue weighted by Gasteiger charge is 2.38. The molecule has 2 atom stereocenters. The fourth-order valence-electron chi connectivity index (χ4n) is 4.21. The van der Waals surface area contributed by atoms with Gasteiger partial charge in [-0.3, -0.25) is 0 Å². The number of hydrogen-bond donors (Lipinski definition) is 2. The lowest BCUT2D eigenvalue weighted by atomic mass is 10.0. The van der Waals surface area contributed by atoms with Crippen molar-refractivity contribution in [3.63, 3.8) is 0 Å². The van der Waals surface area contributed by atoms with Crippen LogP contribution in [0.3, 0.4) is 0 Å². The van der Waals surface area contributed by atoms with E-state index < -0.39 is 10.0 Å². The number of hydrogen-bond acceptors (Lipinski definition) is 3. The highest BCUT2D eigenvalue weighted by atomic mass is 35.5. The molecule has 1 fully saturated rings. The van der Waals surface area contributed by atoms with Gasteiger partial charge >= 0.3 is 0 Å². The summed E-state index contributed by atoms with van der Waals surface area (Å²) < 4.78 is 28.7. The quantitative estimate of drug-likeness (QED) is 0.555. The maximum atomic E-state index is 13.5. The molecular formula is C23H25ClN2O3S. The third kappa shape index (κ3) is 4.32. The van der Waals surface area contributed by atoms with E-state index in [1.165, 1.54) is 0 Å². The molecule has 0 unspecified atom stereocenters. The van der Waals surface area contributed by atoms with Crippen LogP contribution in [0.5, 0.6) is 0 Å². The lowest BCUT2D eigenvalue weighted by Gasteiger charge is -2.32. The Morgan fingerprint density at radius 2 is 1.77 bits per heavy atom. The van der Waals surface area contributed by atoms with E-state index in [2.05, 4.69) is 4.98 Å². The minimum absolute atomic E-state index is 0.0108. The van der Waals surface area contributed by atoms with Gasteiger partial charge in [-0.2, -0.15) is 4.31 Å². The summed E-state index contributed by atoms with van der Waals surface area (Å²) in [5, 5.41) is 10.3. The zero-order chi connectivity index (χ0) is 21.1. The predicted molar refractivity (Wildman–Crippen MR) is 119 cm³/mol. The molecule has 0 aliphatic heterocycles. The van der Waals surface area contributed by atoms with Crippen molar-refractivity contribution >= 4 is 21.6 Å². The SMILES string of the molecule is O=S(=O)(c1ccc(Cl)cc1)N(Cc1ccc(-c2ccc[nH]2)cc1)[C@@H]1CCC[C@H]1CO. The van der Waals surface area contributed by atoms with Gasteiger partial charge in [0, 0.05) is 36.1 Å². The van der Waals surface area contributed by atoms with Gasteiger partial charge in [-0.25, -0.2) is 8.42 Å². The smallest absolute Gasteiger partial charge is 0.243 e. The summed E-state index contributed by atoms with van der Waals surface area (Å²) in [5.41, 5.74) is 2.97. The third-order valence-corrected chi connectivity index (χ3v) is 7.98. The van der Waals surface area contributed by atoms with Crippen molar-refractivity contribution in [2.75, 3.05) is 6.61 Å². The van der Waals surface area contributed by atoms with Gasteiger partial charge in [0.15, 0.2) is 0 Å².